The van der Waals surface area contributed by atoms with Gasteiger partial charge in [0.25, 0.3) is 0 Å². The third kappa shape index (κ3) is 2.75. The van der Waals surface area contributed by atoms with Crippen molar-refractivity contribution in [2.24, 2.45) is 0 Å². The van der Waals surface area contributed by atoms with Gasteiger partial charge in [0, 0.05) is 18.0 Å². The highest BCUT2D eigenvalue weighted by Gasteiger charge is 2.45. The van der Waals surface area contributed by atoms with E-state index in [1.165, 1.54) is 36.8 Å². The Bertz CT molecular complexity index is 847. The summed E-state index contributed by atoms with van der Waals surface area (Å²) in [7, 11) is 0. The summed E-state index contributed by atoms with van der Waals surface area (Å²) in [5.74, 6) is 3.56. The van der Waals surface area contributed by atoms with E-state index < -0.39 is 0 Å². The van der Waals surface area contributed by atoms with Crippen molar-refractivity contribution in [2.45, 2.75) is 64.5 Å². The molecule has 1 fully saturated rings. The van der Waals surface area contributed by atoms with E-state index >= 15 is 0 Å². The van der Waals surface area contributed by atoms with Crippen LogP contribution in [0.3, 0.4) is 0 Å². The van der Waals surface area contributed by atoms with E-state index in [4.69, 9.17) is 13.9 Å². The van der Waals surface area contributed by atoms with Crippen molar-refractivity contribution in [3.8, 4) is 11.5 Å². The lowest BCUT2D eigenvalue weighted by atomic mass is 9.71. The summed E-state index contributed by atoms with van der Waals surface area (Å²) in [4.78, 5) is 7.16. The number of nitrogens with zero attached hydrogens (tertiary/aromatic N) is 2. The van der Waals surface area contributed by atoms with Gasteiger partial charge in [-0.25, -0.2) is 4.98 Å². The number of aromatic nitrogens is 1. The summed E-state index contributed by atoms with van der Waals surface area (Å²) in [5.41, 5.74) is 4.07. The summed E-state index contributed by atoms with van der Waals surface area (Å²) in [5, 5.41) is 0. The van der Waals surface area contributed by atoms with Crippen LogP contribution in [0.2, 0.25) is 0 Å². The van der Waals surface area contributed by atoms with Crippen LogP contribution in [0.5, 0.6) is 11.5 Å². The van der Waals surface area contributed by atoms with Crippen molar-refractivity contribution < 1.29 is 13.9 Å². The summed E-state index contributed by atoms with van der Waals surface area (Å²) in [6.07, 6.45) is 5.08. The molecule has 1 spiro atoms. The number of hydrogen-bond donors (Lipinski definition) is 0. The molecule has 2 aliphatic heterocycles. The Morgan fingerprint density at radius 3 is 2.48 bits per heavy atom. The van der Waals surface area contributed by atoms with Gasteiger partial charge in [0.05, 0.1) is 12.2 Å². The topological polar surface area (TPSA) is 47.7 Å². The lowest BCUT2D eigenvalue weighted by Gasteiger charge is -2.46. The fraction of sp³-hybridized carbons (Fsp3) is 0.591. The van der Waals surface area contributed by atoms with Gasteiger partial charge in [0.15, 0.2) is 11.5 Å². The van der Waals surface area contributed by atoms with Crippen LogP contribution in [0, 0.1) is 13.8 Å². The second kappa shape index (κ2) is 6.26. The highest BCUT2D eigenvalue weighted by Crippen LogP contribution is 2.52. The van der Waals surface area contributed by atoms with Crippen LogP contribution in [-0.2, 0) is 12.0 Å². The van der Waals surface area contributed by atoms with Crippen LogP contribution < -0.4 is 9.47 Å². The van der Waals surface area contributed by atoms with Crippen molar-refractivity contribution >= 4 is 0 Å². The summed E-state index contributed by atoms with van der Waals surface area (Å²) < 4.78 is 17.7. The number of ether oxygens (including phenoxy) is 2. The van der Waals surface area contributed by atoms with Gasteiger partial charge in [-0.1, -0.05) is 12.8 Å². The molecule has 27 heavy (non-hydrogen) atoms. The standard InChI is InChI=1S/C22H28N2O3/c1-14-16(3)27-21(23-14)12-24-13-22(6-4-5-7-22)18-11-20-19(25-8-9-26-20)10-17(18)15(24)2/h10-11,15H,4-9,12-13H2,1-3H3. The van der Waals surface area contributed by atoms with Gasteiger partial charge in [-0.05, 0) is 56.9 Å². The molecule has 5 heteroatoms. The first-order chi connectivity index (χ1) is 13.1. The van der Waals surface area contributed by atoms with Gasteiger partial charge in [0.2, 0.25) is 5.89 Å². The molecule has 5 nitrogen and oxygen atoms in total. The molecule has 1 saturated carbocycles. The molecular weight excluding hydrogens is 340 g/mol. The number of oxazole rings is 1. The van der Waals surface area contributed by atoms with Gasteiger partial charge in [-0.3, -0.25) is 4.90 Å². The van der Waals surface area contributed by atoms with E-state index in [-0.39, 0.29) is 5.41 Å². The van der Waals surface area contributed by atoms with Crippen molar-refractivity contribution in [2.75, 3.05) is 19.8 Å². The normalized spacial score (nSPS) is 23.6. The predicted molar refractivity (Wildman–Crippen MR) is 102 cm³/mol. The average molecular weight is 368 g/mol. The molecular formula is C22H28N2O3. The zero-order valence-corrected chi connectivity index (χ0v) is 16.5. The van der Waals surface area contributed by atoms with E-state index in [0.717, 1.165) is 41.9 Å². The van der Waals surface area contributed by atoms with Crippen molar-refractivity contribution in [1.82, 2.24) is 9.88 Å². The Hall–Kier alpha value is -2.01. The van der Waals surface area contributed by atoms with E-state index in [9.17, 15) is 0 Å². The lowest BCUT2D eigenvalue weighted by molar-refractivity contribution is 0.114. The second-order valence-corrected chi connectivity index (χ2v) is 8.40. The first kappa shape index (κ1) is 17.1. The summed E-state index contributed by atoms with van der Waals surface area (Å²) in [6, 6.07) is 4.81. The molecule has 2 aromatic rings. The molecule has 0 bridgehead atoms. The summed E-state index contributed by atoms with van der Waals surface area (Å²) in [6.45, 7) is 9.38. The third-order valence-electron chi connectivity index (χ3n) is 6.76. The molecule has 1 aliphatic carbocycles. The Kier molecular flexibility index (Phi) is 3.97. The molecule has 3 heterocycles. The Balaban J connectivity index is 1.55. The Labute approximate surface area is 160 Å². The zero-order valence-electron chi connectivity index (χ0n) is 16.5. The number of fused-ring (bicyclic) bond motifs is 3. The monoisotopic (exact) mass is 368 g/mol. The number of benzene rings is 1. The minimum absolute atomic E-state index is 0.217. The van der Waals surface area contributed by atoms with Gasteiger partial charge in [-0.2, -0.15) is 0 Å². The van der Waals surface area contributed by atoms with Crippen LogP contribution in [0.4, 0.5) is 0 Å². The van der Waals surface area contributed by atoms with Crippen molar-refractivity contribution in [3.05, 3.63) is 40.6 Å². The molecule has 1 unspecified atom stereocenters. The second-order valence-electron chi connectivity index (χ2n) is 8.40. The molecule has 3 aliphatic rings. The fourth-order valence-electron chi connectivity index (χ4n) is 5.17. The maximum Gasteiger partial charge on any atom is 0.208 e. The molecule has 0 saturated heterocycles. The highest BCUT2D eigenvalue weighted by atomic mass is 16.6. The van der Waals surface area contributed by atoms with Crippen LogP contribution in [-0.4, -0.2) is 29.6 Å². The average Bonchev–Trinajstić information content (AvgIpc) is 3.26. The molecule has 0 amide bonds. The van der Waals surface area contributed by atoms with Gasteiger partial charge in [-0.15, -0.1) is 0 Å². The van der Waals surface area contributed by atoms with Crippen LogP contribution in [0.25, 0.3) is 0 Å². The highest BCUT2D eigenvalue weighted by molar-refractivity contribution is 5.53. The summed E-state index contributed by atoms with van der Waals surface area (Å²) >= 11 is 0. The molecule has 5 rings (SSSR count). The van der Waals surface area contributed by atoms with E-state index in [2.05, 4.69) is 28.9 Å². The van der Waals surface area contributed by atoms with Gasteiger partial charge >= 0.3 is 0 Å². The van der Waals surface area contributed by atoms with Crippen molar-refractivity contribution in [1.29, 1.82) is 0 Å². The third-order valence-corrected chi connectivity index (χ3v) is 6.76. The van der Waals surface area contributed by atoms with Gasteiger partial charge in [0.1, 0.15) is 19.0 Å². The number of aryl methyl sites for hydroxylation is 2. The molecule has 1 atom stereocenters. The van der Waals surface area contributed by atoms with Crippen LogP contribution in [0.15, 0.2) is 16.5 Å². The maximum absolute atomic E-state index is 5.90. The van der Waals surface area contributed by atoms with E-state index in [1.807, 2.05) is 13.8 Å². The minimum atomic E-state index is 0.217. The van der Waals surface area contributed by atoms with Crippen LogP contribution >= 0.6 is 0 Å². The largest absolute Gasteiger partial charge is 0.486 e. The van der Waals surface area contributed by atoms with E-state index in [1.54, 1.807) is 0 Å². The number of rotatable bonds is 2. The predicted octanol–water partition coefficient (Wildman–Crippen LogP) is 4.45. The van der Waals surface area contributed by atoms with Crippen LogP contribution in [0.1, 0.15) is 67.1 Å². The maximum atomic E-state index is 5.90. The van der Waals surface area contributed by atoms with Crippen molar-refractivity contribution in [3.63, 3.8) is 0 Å². The quantitative estimate of drug-likeness (QED) is 0.784. The molecule has 0 radical (unpaired) electrons. The molecule has 0 N–H and O–H groups in total. The number of hydrogen-bond acceptors (Lipinski definition) is 5. The zero-order chi connectivity index (χ0) is 18.6. The first-order valence-electron chi connectivity index (χ1n) is 10.2. The molecule has 1 aromatic heterocycles. The molecule has 1 aromatic carbocycles. The Morgan fingerprint density at radius 1 is 1.11 bits per heavy atom. The first-order valence-corrected chi connectivity index (χ1v) is 10.2. The SMILES string of the molecule is Cc1nc(CN2CC3(CCCC3)c3cc4c(cc3C2C)OCCO4)oc1C. The van der Waals surface area contributed by atoms with E-state index in [0.29, 0.717) is 19.3 Å². The Morgan fingerprint density at radius 2 is 1.81 bits per heavy atom. The fourth-order valence-corrected chi connectivity index (χ4v) is 5.17. The molecule has 144 valence electrons. The lowest BCUT2D eigenvalue weighted by Crippen LogP contribution is -2.45. The minimum Gasteiger partial charge on any atom is -0.486 e. The van der Waals surface area contributed by atoms with Gasteiger partial charge < -0.3 is 13.9 Å². The smallest absolute Gasteiger partial charge is 0.208 e.